The first-order valence-electron chi connectivity index (χ1n) is 9.92. The van der Waals surface area contributed by atoms with E-state index < -0.39 is 0 Å². The molecule has 2 aromatic rings. The predicted octanol–water partition coefficient (Wildman–Crippen LogP) is 4.68. The maximum absolute atomic E-state index is 12.5. The highest BCUT2D eigenvalue weighted by molar-refractivity contribution is 6.36. The molecule has 0 N–H and O–H groups in total. The van der Waals surface area contributed by atoms with E-state index in [4.69, 9.17) is 23.2 Å². The molecule has 1 aliphatic carbocycles. The van der Waals surface area contributed by atoms with E-state index in [9.17, 15) is 4.79 Å². The Bertz CT molecular complexity index is 829. The van der Waals surface area contributed by atoms with Gasteiger partial charge in [-0.3, -0.25) is 4.79 Å². The van der Waals surface area contributed by atoms with Crippen LogP contribution >= 0.6 is 23.2 Å². The van der Waals surface area contributed by atoms with E-state index in [-0.39, 0.29) is 0 Å². The molecule has 1 aromatic carbocycles. The summed E-state index contributed by atoms with van der Waals surface area (Å²) in [4.78, 5) is 16.7. The summed E-state index contributed by atoms with van der Waals surface area (Å²) in [6.45, 7) is 3.06. The smallest absolute Gasteiger partial charge is 0.222 e. The molecule has 1 saturated heterocycles. The molecule has 2 fully saturated rings. The Hall–Kier alpha value is -1.85. The topological polar surface area (TPSA) is 49.3 Å². The molecule has 0 atom stereocenters. The zero-order chi connectivity index (χ0) is 19.5. The van der Waals surface area contributed by atoms with Gasteiger partial charge in [0.2, 0.25) is 5.91 Å². The van der Waals surface area contributed by atoms with E-state index in [2.05, 4.69) is 15.1 Å². The van der Waals surface area contributed by atoms with Crippen LogP contribution in [0.1, 0.15) is 32.1 Å². The molecule has 0 radical (unpaired) electrons. The molecule has 28 heavy (non-hydrogen) atoms. The summed E-state index contributed by atoms with van der Waals surface area (Å²) < 4.78 is 0. The average Bonchev–Trinajstić information content (AvgIpc) is 3.21. The van der Waals surface area contributed by atoms with Gasteiger partial charge >= 0.3 is 0 Å². The van der Waals surface area contributed by atoms with Crippen LogP contribution in [0.5, 0.6) is 0 Å². The van der Waals surface area contributed by atoms with Crippen molar-refractivity contribution < 1.29 is 4.79 Å². The van der Waals surface area contributed by atoms with Crippen molar-refractivity contribution in [2.45, 2.75) is 32.1 Å². The van der Waals surface area contributed by atoms with E-state index in [0.29, 0.717) is 21.9 Å². The maximum Gasteiger partial charge on any atom is 0.222 e. The first kappa shape index (κ1) is 19.5. The second-order valence-corrected chi connectivity index (χ2v) is 8.47. The molecule has 1 saturated carbocycles. The SMILES string of the molecule is O=C(CC1CCCC1)N1CCN(c2ccc(-c3ccc(Cl)cc3Cl)nn2)CC1. The summed E-state index contributed by atoms with van der Waals surface area (Å²) in [7, 11) is 0. The number of anilines is 1. The van der Waals surface area contributed by atoms with Crippen LogP contribution in [-0.4, -0.2) is 47.2 Å². The number of rotatable bonds is 4. The van der Waals surface area contributed by atoms with Crippen LogP contribution in [0.3, 0.4) is 0 Å². The number of benzene rings is 1. The average molecular weight is 419 g/mol. The summed E-state index contributed by atoms with van der Waals surface area (Å²) in [5.41, 5.74) is 1.53. The molecule has 1 aromatic heterocycles. The van der Waals surface area contributed by atoms with E-state index >= 15 is 0 Å². The molecule has 148 valence electrons. The van der Waals surface area contributed by atoms with Crippen molar-refractivity contribution in [3.63, 3.8) is 0 Å². The van der Waals surface area contributed by atoms with Crippen molar-refractivity contribution in [3.05, 3.63) is 40.4 Å². The zero-order valence-electron chi connectivity index (χ0n) is 15.8. The highest BCUT2D eigenvalue weighted by atomic mass is 35.5. The number of amides is 1. The third-order valence-corrected chi connectivity index (χ3v) is 6.30. The lowest BCUT2D eigenvalue weighted by molar-refractivity contribution is -0.132. The summed E-state index contributed by atoms with van der Waals surface area (Å²) in [5, 5.41) is 9.87. The van der Waals surface area contributed by atoms with E-state index in [1.54, 1.807) is 12.1 Å². The van der Waals surface area contributed by atoms with Gasteiger partial charge in [-0.05, 0) is 49.1 Å². The Morgan fingerprint density at radius 2 is 1.75 bits per heavy atom. The Balaban J connectivity index is 1.35. The maximum atomic E-state index is 12.5. The molecule has 7 heteroatoms. The van der Waals surface area contributed by atoms with Gasteiger partial charge in [-0.1, -0.05) is 36.0 Å². The highest BCUT2D eigenvalue weighted by Crippen LogP contribution is 2.30. The molecule has 1 amide bonds. The highest BCUT2D eigenvalue weighted by Gasteiger charge is 2.25. The predicted molar refractivity (Wildman–Crippen MR) is 113 cm³/mol. The lowest BCUT2D eigenvalue weighted by atomic mass is 10.0. The Kier molecular flexibility index (Phi) is 6.02. The number of hydrogen-bond donors (Lipinski definition) is 0. The molecule has 5 nitrogen and oxygen atoms in total. The third-order valence-electron chi connectivity index (χ3n) is 5.75. The van der Waals surface area contributed by atoms with Crippen LogP contribution in [0.2, 0.25) is 10.0 Å². The third kappa shape index (κ3) is 4.41. The standard InChI is InChI=1S/C21H24Cl2N4O/c22-16-5-6-17(18(23)14-16)19-7-8-20(25-24-19)26-9-11-27(12-10-26)21(28)13-15-3-1-2-4-15/h5-8,14-15H,1-4,9-13H2. The van der Waals surface area contributed by atoms with Gasteiger partial charge in [0, 0.05) is 43.2 Å². The quantitative estimate of drug-likeness (QED) is 0.722. The summed E-state index contributed by atoms with van der Waals surface area (Å²) in [6, 6.07) is 9.23. The summed E-state index contributed by atoms with van der Waals surface area (Å²) >= 11 is 12.2. The first-order chi connectivity index (χ1) is 13.6. The Labute approximate surface area is 175 Å². The number of piperazine rings is 1. The van der Waals surface area contributed by atoms with Crippen molar-refractivity contribution in [1.82, 2.24) is 15.1 Å². The Morgan fingerprint density at radius 3 is 2.39 bits per heavy atom. The van der Waals surface area contributed by atoms with Gasteiger partial charge in [-0.2, -0.15) is 0 Å². The second-order valence-electron chi connectivity index (χ2n) is 7.62. The fourth-order valence-corrected chi connectivity index (χ4v) is 4.62. The molecule has 0 bridgehead atoms. The van der Waals surface area contributed by atoms with Crippen molar-refractivity contribution in [3.8, 4) is 11.3 Å². The van der Waals surface area contributed by atoms with Gasteiger partial charge in [-0.15, -0.1) is 10.2 Å². The monoisotopic (exact) mass is 418 g/mol. The van der Waals surface area contributed by atoms with Crippen LogP contribution in [0.4, 0.5) is 5.82 Å². The fourth-order valence-electron chi connectivity index (χ4n) is 4.11. The van der Waals surface area contributed by atoms with E-state index in [1.165, 1.54) is 25.7 Å². The van der Waals surface area contributed by atoms with Gasteiger partial charge < -0.3 is 9.80 Å². The van der Waals surface area contributed by atoms with Crippen LogP contribution in [0.15, 0.2) is 30.3 Å². The molecule has 0 unspecified atom stereocenters. The minimum atomic E-state index is 0.311. The van der Waals surface area contributed by atoms with Crippen LogP contribution in [0, 0.1) is 5.92 Å². The van der Waals surface area contributed by atoms with Gasteiger partial charge in [0.1, 0.15) is 0 Å². The summed E-state index contributed by atoms with van der Waals surface area (Å²) in [5.74, 6) is 1.74. The van der Waals surface area contributed by atoms with Crippen molar-refractivity contribution in [2.24, 2.45) is 5.92 Å². The van der Waals surface area contributed by atoms with E-state index in [0.717, 1.165) is 49.7 Å². The normalized spacial score (nSPS) is 17.9. The minimum absolute atomic E-state index is 0.311. The van der Waals surface area contributed by atoms with Crippen molar-refractivity contribution >= 4 is 34.9 Å². The summed E-state index contributed by atoms with van der Waals surface area (Å²) in [6.07, 6.45) is 5.70. The molecular formula is C21H24Cl2N4O. The molecule has 0 spiro atoms. The van der Waals surface area contributed by atoms with Gasteiger partial charge in [0.05, 0.1) is 10.7 Å². The van der Waals surface area contributed by atoms with Gasteiger partial charge in [0.15, 0.2) is 5.82 Å². The number of carbonyl (C=O) groups excluding carboxylic acids is 1. The minimum Gasteiger partial charge on any atom is -0.352 e. The van der Waals surface area contributed by atoms with Crippen molar-refractivity contribution in [2.75, 3.05) is 31.1 Å². The molecule has 4 rings (SSSR count). The second kappa shape index (κ2) is 8.66. The van der Waals surface area contributed by atoms with Crippen LogP contribution in [0.25, 0.3) is 11.3 Å². The molecule has 2 heterocycles. The number of carbonyl (C=O) groups is 1. The zero-order valence-corrected chi connectivity index (χ0v) is 17.3. The number of halogens is 2. The first-order valence-corrected chi connectivity index (χ1v) is 10.7. The van der Waals surface area contributed by atoms with Crippen molar-refractivity contribution in [1.29, 1.82) is 0 Å². The van der Waals surface area contributed by atoms with Gasteiger partial charge in [-0.25, -0.2) is 0 Å². The number of nitrogens with zero attached hydrogens (tertiary/aromatic N) is 4. The number of hydrogen-bond acceptors (Lipinski definition) is 4. The van der Waals surface area contributed by atoms with Crippen LogP contribution in [-0.2, 0) is 4.79 Å². The lowest BCUT2D eigenvalue weighted by Gasteiger charge is -2.35. The molecule has 1 aliphatic heterocycles. The fraction of sp³-hybridized carbons (Fsp3) is 0.476. The Morgan fingerprint density at radius 1 is 1.00 bits per heavy atom. The number of aromatic nitrogens is 2. The molecular weight excluding hydrogens is 395 g/mol. The van der Waals surface area contributed by atoms with Crippen LogP contribution < -0.4 is 4.90 Å². The molecule has 2 aliphatic rings. The largest absolute Gasteiger partial charge is 0.352 e. The van der Waals surface area contributed by atoms with Gasteiger partial charge in [0.25, 0.3) is 0 Å². The lowest BCUT2D eigenvalue weighted by Crippen LogP contribution is -2.49. The van der Waals surface area contributed by atoms with E-state index in [1.807, 2.05) is 23.1 Å².